The Balaban J connectivity index is 2.66. The van der Waals surface area contributed by atoms with E-state index in [1.807, 2.05) is 31.2 Å². The third-order valence-electron chi connectivity index (χ3n) is 2.86. The van der Waals surface area contributed by atoms with Gasteiger partial charge in [0.15, 0.2) is 0 Å². The summed E-state index contributed by atoms with van der Waals surface area (Å²) in [6, 6.07) is 7.19. The molecule has 2 atom stereocenters. The molecule has 4 nitrogen and oxygen atoms in total. The van der Waals surface area contributed by atoms with Crippen molar-refractivity contribution in [1.29, 1.82) is 0 Å². The molecular formula is C14H21ClN2O2. The van der Waals surface area contributed by atoms with Crippen LogP contribution in [0.25, 0.3) is 0 Å². The van der Waals surface area contributed by atoms with Gasteiger partial charge in [0.05, 0.1) is 12.1 Å². The molecule has 106 valence electrons. The molecule has 0 bridgehead atoms. The molecule has 1 aromatic carbocycles. The number of nitrogens with zero attached hydrogens (tertiary/aromatic N) is 1. The van der Waals surface area contributed by atoms with Gasteiger partial charge in [-0.2, -0.15) is 0 Å². The van der Waals surface area contributed by atoms with Crippen molar-refractivity contribution in [3.05, 3.63) is 34.9 Å². The van der Waals surface area contributed by atoms with E-state index in [4.69, 9.17) is 11.6 Å². The Morgan fingerprint density at radius 2 is 2.00 bits per heavy atom. The average molecular weight is 285 g/mol. The van der Waals surface area contributed by atoms with E-state index in [0.717, 1.165) is 12.0 Å². The lowest BCUT2D eigenvalue weighted by molar-refractivity contribution is 0.142. The van der Waals surface area contributed by atoms with Crippen LogP contribution in [-0.2, 0) is 0 Å². The number of likely N-dealkylation sites (N-methyl/N-ethyl adjacent to an activating group) is 1. The van der Waals surface area contributed by atoms with Crippen molar-refractivity contribution in [2.24, 2.45) is 0 Å². The Morgan fingerprint density at radius 3 is 2.47 bits per heavy atom. The molecular weight excluding hydrogens is 264 g/mol. The minimum absolute atomic E-state index is 0.0544. The zero-order valence-electron chi connectivity index (χ0n) is 11.6. The number of hydrogen-bond acceptors (Lipinski definition) is 2. The van der Waals surface area contributed by atoms with Crippen molar-refractivity contribution in [1.82, 2.24) is 10.2 Å². The standard InChI is InChI=1S/C14H21ClN2O2/c1-4-13(11-5-7-12(15)8-6-11)16-14(19)17(3)9-10(2)18/h5-8,10,13,18H,4,9H2,1-3H3,(H,16,19). The average Bonchev–Trinajstić information content (AvgIpc) is 2.36. The Kier molecular flexibility index (Phi) is 6.12. The maximum atomic E-state index is 12.0. The van der Waals surface area contributed by atoms with Gasteiger partial charge < -0.3 is 15.3 Å². The summed E-state index contributed by atoms with van der Waals surface area (Å²) in [4.78, 5) is 13.4. The zero-order chi connectivity index (χ0) is 14.4. The second-order valence-electron chi connectivity index (χ2n) is 4.69. The third kappa shape index (κ3) is 5.09. The van der Waals surface area contributed by atoms with Crippen LogP contribution >= 0.6 is 11.6 Å². The Morgan fingerprint density at radius 1 is 1.42 bits per heavy atom. The number of urea groups is 1. The number of halogens is 1. The molecule has 0 aliphatic carbocycles. The first kappa shape index (κ1) is 15.8. The number of rotatable bonds is 5. The first-order valence-electron chi connectivity index (χ1n) is 6.39. The molecule has 0 aliphatic heterocycles. The lowest BCUT2D eigenvalue weighted by Crippen LogP contribution is -2.42. The molecule has 0 heterocycles. The van der Waals surface area contributed by atoms with Crippen molar-refractivity contribution in [2.75, 3.05) is 13.6 Å². The van der Waals surface area contributed by atoms with E-state index in [0.29, 0.717) is 11.6 Å². The molecule has 0 saturated heterocycles. The fraction of sp³-hybridized carbons (Fsp3) is 0.500. The molecule has 0 spiro atoms. The van der Waals surface area contributed by atoms with E-state index in [2.05, 4.69) is 5.32 Å². The first-order valence-corrected chi connectivity index (χ1v) is 6.77. The fourth-order valence-electron chi connectivity index (χ4n) is 1.85. The zero-order valence-corrected chi connectivity index (χ0v) is 12.3. The van der Waals surface area contributed by atoms with Gasteiger partial charge in [0.2, 0.25) is 0 Å². The Hall–Kier alpha value is -1.26. The van der Waals surface area contributed by atoms with E-state index < -0.39 is 6.10 Å². The van der Waals surface area contributed by atoms with Crippen LogP contribution in [0, 0.1) is 0 Å². The number of aliphatic hydroxyl groups is 1. The summed E-state index contributed by atoms with van der Waals surface area (Å²) in [5.74, 6) is 0. The maximum Gasteiger partial charge on any atom is 0.317 e. The van der Waals surface area contributed by atoms with Gasteiger partial charge in [-0.1, -0.05) is 30.7 Å². The molecule has 0 fully saturated rings. The number of aliphatic hydroxyl groups excluding tert-OH is 1. The van der Waals surface area contributed by atoms with E-state index in [1.165, 1.54) is 4.90 Å². The van der Waals surface area contributed by atoms with Gasteiger partial charge in [0.1, 0.15) is 0 Å². The molecule has 19 heavy (non-hydrogen) atoms. The van der Waals surface area contributed by atoms with Crippen LogP contribution in [0.5, 0.6) is 0 Å². The highest BCUT2D eigenvalue weighted by Gasteiger charge is 2.16. The second-order valence-corrected chi connectivity index (χ2v) is 5.13. The fourth-order valence-corrected chi connectivity index (χ4v) is 1.98. The number of nitrogens with one attached hydrogen (secondary N) is 1. The predicted octanol–water partition coefficient (Wildman–Crippen LogP) is 2.81. The topological polar surface area (TPSA) is 52.6 Å². The number of carbonyl (C=O) groups excluding carboxylic acids is 1. The monoisotopic (exact) mass is 284 g/mol. The quantitative estimate of drug-likeness (QED) is 0.873. The van der Waals surface area contributed by atoms with Gasteiger partial charge in [-0.25, -0.2) is 4.79 Å². The van der Waals surface area contributed by atoms with Crippen LogP contribution < -0.4 is 5.32 Å². The molecule has 1 aromatic rings. The third-order valence-corrected chi connectivity index (χ3v) is 3.12. The highest BCUT2D eigenvalue weighted by atomic mass is 35.5. The van der Waals surface area contributed by atoms with Gasteiger partial charge >= 0.3 is 6.03 Å². The van der Waals surface area contributed by atoms with Crippen molar-refractivity contribution in [3.63, 3.8) is 0 Å². The van der Waals surface area contributed by atoms with Crippen LogP contribution in [0.15, 0.2) is 24.3 Å². The Labute approximate surface area is 119 Å². The van der Waals surface area contributed by atoms with Crippen molar-refractivity contribution >= 4 is 17.6 Å². The van der Waals surface area contributed by atoms with Crippen LogP contribution in [0.1, 0.15) is 31.9 Å². The van der Waals surface area contributed by atoms with Crippen molar-refractivity contribution < 1.29 is 9.90 Å². The van der Waals surface area contributed by atoms with E-state index in [9.17, 15) is 9.90 Å². The largest absolute Gasteiger partial charge is 0.392 e. The van der Waals surface area contributed by atoms with Crippen LogP contribution in [0.4, 0.5) is 4.79 Å². The minimum atomic E-state index is -0.536. The van der Waals surface area contributed by atoms with E-state index >= 15 is 0 Å². The van der Waals surface area contributed by atoms with Gasteiger partial charge in [-0.05, 0) is 31.0 Å². The summed E-state index contributed by atoms with van der Waals surface area (Å²) in [6.07, 6.45) is 0.252. The maximum absolute atomic E-state index is 12.0. The number of amides is 2. The highest BCUT2D eigenvalue weighted by Crippen LogP contribution is 2.19. The molecule has 0 saturated carbocycles. The summed E-state index contributed by atoms with van der Waals surface area (Å²) in [6.45, 7) is 3.97. The second kappa shape index (κ2) is 7.36. The SMILES string of the molecule is CCC(NC(=O)N(C)CC(C)O)c1ccc(Cl)cc1. The van der Waals surface area contributed by atoms with Crippen LogP contribution in [-0.4, -0.2) is 35.7 Å². The van der Waals surface area contributed by atoms with Gasteiger partial charge in [0.25, 0.3) is 0 Å². The summed E-state index contributed by atoms with van der Waals surface area (Å²) < 4.78 is 0. The lowest BCUT2D eigenvalue weighted by Gasteiger charge is -2.24. The van der Waals surface area contributed by atoms with Crippen LogP contribution in [0.2, 0.25) is 5.02 Å². The highest BCUT2D eigenvalue weighted by molar-refractivity contribution is 6.30. The normalized spacial score (nSPS) is 13.7. The first-order chi connectivity index (χ1) is 8.93. The summed E-state index contributed by atoms with van der Waals surface area (Å²) >= 11 is 5.85. The molecule has 0 radical (unpaired) electrons. The summed E-state index contributed by atoms with van der Waals surface area (Å²) in [5, 5.41) is 12.9. The molecule has 0 aliphatic rings. The van der Waals surface area contributed by atoms with Crippen LogP contribution in [0.3, 0.4) is 0 Å². The van der Waals surface area contributed by atoms with Gasteiger partial charge in [-0.3, -0.25) is 0 Å². The molecule has 2 N–H and O–H groups in total. The number of carbonyl (C=O) groups is 1. The smallest absolute Gasteiger partial charge is 0.317 e. The summed E-state index contributed by atoms with van der Waals surface area (Å²) in [7, 11) is 1.66. The van der Waals surface area contributed by atoms with Gasteiger partial charge in [-0.15, -0.1) is 0 Å². The minimum Gasteiger partial charge on any atom is -0.392 e. The summed E-state index contributed by atoms with van der Waals surface area (Å²) in [5.41, 5.74) is 1.02. The molecule has 2 unspecified atom stereocenters. The predicted molar refractivity (Wildman–Crippen MR) is 77.3 cm³/mol. The van der Waals surface area contributed by atoms with Crippen molar-refractivity contribution in [2.45, 2.75) is 32.4 Å². The Bertz CT molecular complexity index is 406. The molecule has 0 aromatic heterocycles. The number of benzene rings is 1. The van der Waals surface area contributed by atoms with E-state index in [1.54, 1.807) is 14.0 Å². The van der Waals surface area contributed by atoms with Crippen molar-refractivity contribution in [3.8, 4) is 0 Å². The van der Waals surface area contributed by atoms with E-state index in [-0.39, 0.29) is 12.1 Å². The molecule has 5 heteroatoms. The number of hydrogen-bond donors (Lipinski definition) is 2. The lowest BCUT2D eigenvalue weighted by atomic mass is 10.1. The van der Waals surface area contributed by atoms with Gasteiger partial charge in [0, 0.05) is 18.6 Å². The molecule has 1 rings (SSSR count). The molecule has 2 amide bonds.